The second-order valence-electron chi connectivity index (χ2n) is 2.73. The second kappa shape index (κ2) is 5.70. The number of hydrogen-bond acceptors (Lipinski definition) is 3. The van der Waals surface area contributed by atoms with Gasteiger partial charge < -0.3 is 4.74 Å². The number of carbonyl (C=O) groups excluding carboxylic acids is 1. The van der Waals surface area contributed by atoms with E-state index in [0.29, 0.717) is 12.2 Å². The molecule has 0 fully saturated rings. The Morgan fingerprint density at radius 2 is 1.93 bits per heavy atom. The molecule has 0 radical (unpaired) electrons. The molecule has 2 nitrogen and oxygen atoms in total. The van der Waals surface area contributed by atoms with E-state index in [1.807, 2.05) is 24.3 Å². The summed E-state index contributed by atoms with van der Waals surface area (Å²) >= 11 is 1.77. The van der Waals surface area contributed by atoms with Crippen molar-refractivity contribution >= 4 is 17.7 Å². The van der Waals surface area contributed by atoms with Crippen molar-refractivity contribution in [2.45, 2.75) is 25.2 Å². The maximum atomic E-state index is 11.0. The molecule has 14 heavy (non-hydrogen) atoms. The number of hydrogen-bond donors (Lipinski definition) is 0. The van der Waals surface area contributed by atoms with Crippen molar-refractivity contribution in [1.29, 1.82) is 0 Å². The molecule has 0 aliphatic rings. The van der Waals surface area contributed by atoms with Crippen LogP contribution in [0.25, 0.3) is 0 Å². The Bertz CT molecular complexity index is 293. The summed E-state index contributed by atoms with van der Waals surface area (Å²) in [5, 5.41) is 0. The minimum atomic E-state index is -0.194. The number of esters is 1. The summed E-state index contributed by atoms with van der Waals surface area (Å²) in [6.45, 7) is 3.89. The zero-order chi connectivity index (χ0) is 10.4. The highest BCUT2D eigenvalue weighted by Gasteiger charge is 2.00. The molecule has 0 spiro atoms. The zero-order valence-corrected chi connectivity index (χ0v) is 9.26. The molecule has 0 unspecified atom stereocenters. The van der Waals surface area contributed by atoms with Gasteiger partial charge in [0.1, 0.15) is 5.75 Å². The normalized spacial score (nSPS) is 9.86. The number of ether oxygens (including phenoxy) is 1. The average Bonchev–Trinajstić information content (AvgIpc) is 2.21. The molecule has 0 N–H and O–H groups in total. The third kappa shape index (κ3) is 3.42. The van der Waals surface area contributed by atoms with E-state index in [1.54, 1.807) is 18.7 Å². The van der Waals surface area contributed by atoms with Gasteiger partial charge in [-0.2, -0.15) is 0 Å². The van der Waals surface area contributed by atoms with Crippen molar-refractivity contribution in [1.82, 2.24) is 0 Å². The van der Waals surface area contributed by atoms with Gasteiger partial charge in [-0.1, -0.05) is 13.8 Å². The molecule has 1 rings (SSSR count). The molecule has 3 heteroatoms. The molecule has 0 aliphatic carbocycles. The van der Waals surface area contributed by atoms with E-state index in [9.17, 15) is 4.79 Å². The van der Waals surface area contributed by atoms with Gasteiger partial charge in [0.25, 0.3) is 0 Å². The van der Waals surface area contributed by atoms with E-state index in [1.165, 1.54) is 4.90 Å². The quantitative estimate of drug-likeness (QED) is 0.434. The SMILES string of the molecule is CCSc1ccc(OC(=O)CC)cc1. The smallest absolute Gasteiger partial charge is 0.310 e. The van der Waals surface area contributed by atoms with Gasteiger partial charge in [-0.25, -0.2) is 0 Å². The second-order valence-corrected chi connectivity index (χ2v) is 4.07. The van der Waals surface area contributed by atoms with Crippen molar-refractivity contribution in [2.75, 3.05) is 5.75 Å². The number of rotatable bonds is 4. The Balaban J connectivity index is 2.59. The van der Waals surface area contributed by atoms with Gasteiger partial charge in [-0.3, -0.25) is 4.79 Å². The van der Waals surface area contributed by atoms with Crippen LogP contribution in [0, 0.1) is 0 Å². The lowest BCUT2D eigenvalue weighted by Crippen LogP contribution is -2.05. The van der Waals surface area contributed by atoms with Crippen LogP contribution in [-0.2, 0) is 4.79 Å². The van der Waals surface area contributed by atoms with Crippen LogP contribution in [-0.4, -0.2) is 11.7 Å². The summed E-state index contributed by atoms with van der Waals surface area (Å²) in [5.41, 5.74) is 0. The first-order valence-corrected chi connectivity index (χ1v) is 5.68. The first-order valence-electron chi connectivity index (χ1n) is 4.69. The van der Waals surface area contributed by atoms with E-state index in [4.69, 9.17) is 4.74 Å². The summed E-state index contributed by atoms with van der Waals surface area (Å²) in [4.78, 5) is 12.2. The van der Waals surface area contributed by atoms with Crippen molar-refractivity contribution in [3.8, 4) is 5.75 Å². The summed E-state index contributed by atoms with van der Waals surface area (Å²) in [7, 11) is 0. The van der Waals surface area contributed by atoms with Gasteiger partial charge >= 0.3 is 5.97 Å². The molecule has 0 bridgehead atoms. The van der Waals surface area contributed by atoms with Crippen molar-refractivity contribution in [3.63, 3.8) is 0 Å². The van der Waals surface area contributed by atoms with Gasteiger partial charge in [-0.15, -0.1) is 11.8 Å². The molecule has 1 aromatic rings. The zero-order valence-electron chi connectivity index (χ0n) is 8.45. The molecule has 0 aromatic heterocycles. The van der Waals surface area contributed by atoms with Crippen LogP contribution in [0.2, 0.25) is 0 Å². The van der Waals surface area contributed by atoms with Crippen LogP contribution in [0.4, 0.5) is 0 Å². The molecule has 0 saturated heterocycles. The van der Waals surface area contributed by atoms with Gasteiger partial charge in [0.15, 0.2) is 0 Å². The molecular formula is C11H14O2S. The highest BCUT2D eigenvalue weighted by Crippen LogP contribution is 2.21. The molecular weight excluding hydrogens is 196 g/mol. The number of thioether (sulfide) groups is 1. The maximum Gasteiger partial charge on any atom is 0.310 e. The lowest BCUT2D eigenvalue weighted by atomic mass is 10.3. The molecule has 1 aromatic carbocycles. The first-order chi connectivity index (χ1) is 6.76. The fourth-order valence-corrected chi connectivity index (χ4v) is 1.64. The molecule has 0 heterocycles. The highest BCUT2D eigenvalue weighted by atomic mass is 32.2. The van der Waals surface area contributed by atoms with E-state index in [2.05, 4.69) is 6.92 Å². The third-order valence-corrected chi connectivity index (χ3v) is 2.55. The van der Waals surface area contributed by atoms with Crippen LogP contribution < -0.4 is 4.74 Å². The average molecular weight is 210 g/mol. The Kier molecular flexibility index (Phi) is 4.53. The molecule has 0 saturated carbocycles. The fourth-order valence-electron chi connectivity index (χ4n) is 0.974. The minimum Gasteiger partial charge on any atom is -0.427 e. The Morgan fingerprint density at radius 1 is 1.29 bits per heavy atom. The van der Waals surface area contributed by atoms with Gasteiger partial charge in [0, 0.05) is 11.3 Å². The molecule has 76 valence electrons. The topological polar surface area (TPSA) is 26.3 Å². The predicted molar refractivity (Wildman–Crippen MR) is 58.8 cm³/mol. The predicted octanol–water partition coefficient (Wildman–Crippen LogP) is 3.11. The molecule has 0 aliphatic heterocycles. The molecule has 0 amide bonds. The van der Waals surface area contributed by atoms with E-state index in [-0.39, 0.29) is 5.97 Å². The van der Waals surface area contributed by atoms with Crippen molar-refractivity contribution in [2.24, 2.45) is 0 Å². The highest BCUT2D eigenvalue weighted by molar-refractivity contribution is 7.99. The monoisotopic (exact) mass is 210 g/mol. The van der Waals surface area contributed by atoms with Crippen molar-refractivity contribution in [3.05, 3.63) is 24.3 Å². The Morgan fingerprint density at radius 3 is 2.43 bits per heavy atom. The van der Waals surface area contributed by atoms with Gasteiger partial charge in [0.2, 0.25) is 0 Å². The fraction of sp³-hybridized carbons (Fsp3) is 0.364. The lowest BCUT2D eigenvalue weighted by molar-refractivity contribution is -0.134. The Labute approximate surface area is 88.7 Å². The standard InChI is InChI=1S/C11H14O2S/c1-3-11(12)13-9-5-7-10(8-6-9)14-4-2/h5-8H,3-4H2,1-2H3. The summed E-state index contributed by atoms with van der Waals surface area (Å²) < 4.78 is 5.05. The van der Waals surface area contributed by atoms with Gasteiger partial charge in [0.05, 0.1) is 0 Å². The number of benzene rings is 1. The molecule has 0 atom stereocenters. The van der Waals surface area contributed by atoms with Crippen LogP contribution in [0.1, 0.15) is 20.3 Å². The third-order valence-electron chi connectivity index (χ3n) is 1.66. The largest absolute Gasteiger partial charge is 0.427 e. The number of carbonyl (C=O) groups is 1. The maximum absolute atomic E-state index is 11.0. The van der Waals surface area contributed by atoms with Crippen molar-refractivity contribution < 1.29 is 9.53 Å². The van der Waals surface area contributed by atoms with E-state index < -0.39 is 0 Å². The van der Waals surface area contributed by atoms with Gasteiger partial charge in [-0.05, 0) is 30.0 Å². The van der Waals surface area contributed by atoms with Crippen LogP contribution in [0.15, 0.2) is 29.2 Å². The van der Waals surface area contributed by atoms with E-state index in [0.717, 1.165) is 5.75 Å². The minimum absolute atomic E-state index is 0.194. The summed E-state index contributed by atoms with van der Waals surface area (Å²) in [6.07, 6.45) is 0.408. The lowest BCUT2D eigenvalue weighted by Gasteiger charge is -2.03. The Hall–Kier alpha value is -0.960. The van der Waals surface area contributed by atoms with Crippen LogP contribution >= 0.6 is 11.8 Å². The van der Waals surface area contributed by atoms with Crippen LogP contribution in [0.3, 0.4) is 0 Å². The summed E-state index contributed by atoms with van der Waals surface area (Å²) in [5.74, 6) is 1.48. The summed E-state index contributed by atoms with van der Waals surface area (Å²) in [6, 6.07) is 7.58. The van der Waals surface area contributed by atoms with Crippen LogP contribution in [0.5, 0.6) is 5.75 Å². The first kappa shape index (κ1) is 11.1. The van der Waals surface area contributed by atoms with E-state index >= 15 is 0 Å².